The lowest BCUT2D eigenvalue weighted by Gasteiger charge is -2.13. The molecule has 0 bridgehead atoms. The topological polar surface area (TPSA) is 17.3 Å². The summed E-state index contributed by atoms with van der Waals surface area (Å²) < 4.78 is 2.30. The Labute approximate surface area is 148 Å². The van der Waals surface area contributed by atoms with E-state index in [2.05, 4.69) is 60.7 Å². The number of hydrogen-bond donors (Lipinski definition) is 0. The van der Waals surface area contributed by atoms with Crippen LogP contribution in [-0.4, -0.2) is 10.8 Å². The summed E-state index contributed by atoms with van der Waals surface area (Å²) in [7, 11) is 0. The van der Waals surface area contributed by atoms with Crippen molar-refractivity contribution in [2.24, 2.45) is 4.99 Å². The second-order valence-electron chi connectivity index (χ2n) is 5.85. The molecule has 0 aliphatic rings. The van der Waals surface area contributed by atoms with Crippen LogP contribution in [0.25, 0.3) is 5.69 Å². The molecule has 1 aromatic heterocycles. The molecule has 24 heavy (non-hydrogen) atoms. The van der Waals surface area contributed by atoms with Crippen LogP contribution in [0, 0.1) is 13.8 Å². The van der Waals surface area contributed by atoms with Crippen molar-refractivity contribution >= 4 is 23.5 Å². The summed E-state index contributed by atoms with van der Waals surface area (Å²) in [5.41, 5.74) is 6.87. The molecule has 2 nitrogen and oxygen atoms in total. The molecule has 3 rings (SSSR count). The van der Waals surface area contributed by atoms with E-state index in [1.54, 1.807) is 0 Å². The molecule has 0 unspecified atom stereocenters. The van der Waals surface area contributed by atoms with Crippen LogP contribution in [0.2, 0.25) is 5.02 Å². The number of aryl methyl sites for hydroxylation is 2. The predicted molar refractivity (Wildman–Crippen MR) is 103 cm³/mol. The molecule has 0 aliphatic heterocycles. The predicted octanol–water partition coefficient (Wildman–Crippen LogP) is 6.06. The molecule has 1 heterocycles. The summed E-state index contributed by atoms with van der Waals surface area (Å²) in [5, 5.41) is 0.666. The molecule has 3 heteroatoms. The van der Waals surface area contributed by atoms with Gasteiger partial charge in [0.25, 0.3) is 0 Å². The van der Waals surface area contributed by atoms with E-state index in [9.17, 15) is 0 Å². The molecule has 0 fully saturated rings. The lowest BCUT2D eigenvalue weighted by Crippen LogP contribution is -2.03. The number of rotatable bonds is 4. The maximum absolute atomic E-state index is 6.18. The molecular formula is C21H21ClN2. The molecule has 0 amide bonds. The van der Waals surface area contributed by atoms with Gasteiger partial charge in [-0.05, 0) is 50.1 Å². The van der Waals surface area contributed by atoms with Gasteiger partial charge in [0.2, 0.25) is 0 Å². The summed E-state index contributed by atoms with van der Waals surface area (Å²) in [5.74, 6) is 0. The zero-order valence-electron chi connectivity index (χ0n) is 14.3. The zero-order chi connectivity index (χ0) is 17.1. The summed E-state index contributed by atoms with van der Waals surface area (Å²) in [6.07, 6.45) is 2.91. The van der Waals surface area contributed by atoms with Crippen molar-refractivity contribution in [1.82, 2.24) is 4.57 Å². The van der Waals surface area contributed by atoms with Gasteiger partial charge in [-0.2, -0.15) is 0 Å². The fourth-order valence-electron chi connectivity index (χ4n) is 3.01. The van der Waals surface area contributed by atoms with E-state index in [4.69, 9.17) is 11.6 Å². The summed E-state index contributed by atoms with van der Waals surface area (Å²) in [6, 6.07) is 18.3. The van der Waals surface area contributed by atoms with Crippen molar-refractivity contribution < 1.29 is 0 Å². The third kappa shape index (κ3) is 3.15. The fourth-order valence-corrected chi connectivity index (χ4v) is 3.20. The highest BCUT2D eigenvalue weighted by Crippen LogP contribution is 2.26. The Hall–Kier alpha value is -2.32. The van der Waals surface area contributed by atoms with Gasteiger partial charge in [0.15, 0.2) is 0 Å². The van der Waals surface area contributed by atoms with Gasteiger partial charge in [-0.25, -0.2) is 0 Å². The van der Waals surface area contributed by atoms with E-state index in [1.807, 2.05) is 30.5 Å². The summed E-state index contributed by atoms with van der Waals surface area (Å²) >= 11 is 6.18. The maximum Gasteiger partial charge on any atom is 0.0816 e. The van der Waals surface area contributed by atoms with Crippen LogP contribution >= 0.6 is 11.6 Å². The number of halogens is 1. The molecular weight excluding hydrogens is 316 g/mol. The number of benzene rings is 2. The Morgan fingerprint density at radius 2 is 1.75 bits per heavy atom. The SMILES string of the molecule is CCc1ccccc1-n1c(C)cc(C=Nc2ccccc2Cl)c1C. The fraction of sp³-hybridized carbons (Fsp3) is 0.190. The summed E-state index contributed by atoms with van der Waals surface area (Å²) in [6.45, 7) is 6.45. The molecule has 0 saturated heterocycles. The Morgan fingerprint density at radius 3 is 2.50 bits per heavy atom. The van der Waals surface area contributed by atoms with Crippen molar-refractivity contribution in [2.45, 2.75) is 27.2 Å². The van der Waals surface area contributed by atoms with Crippen LogP contribution in [-0.2, 0) is 6.42 Å². The van der Waals surface area contributed by atoms with E-state index in [0.717, 1.165) is 17.7 Å². The van der Waals surface area contributed by atoms with E-state index < -0.39 is 0 Å². The van der Waals surface area contributed by atoms with Crippen molar-refractivity contribution in [2.75, 3.05) is 0 Å². The van der Waals surface area contributed by atoms with Crippen LogP contribution in [0.4, 0.5) is 5.69 Å². The van der Waals surface area contributed by atoms with Crippen molar-refractivity contribution in [3.63, 3.8) is 0 Å². The van der Waals surface area contributed by atoms with E-state index in [1.165, 1.54) is 22.6 Å². The van der Waals surface area contributed by atoms with Crippen molar-refractivity contribution in [3.05, 3.63) is 82.1 Å². The average molecular weight is 337 g/mol. The van der Waals surface area contributed by atoms with Gasteiger partial charge >= 0.3 is 0 Å². The molecule has 0 aliphatic carbocycles. The van der Waals surface area contributed by atoms with Crippen molar-refractivity contribution in [3.8, 4) is 5.69 Å². The highest BCUT2D eigenvalue weighted by Gasteiger charge is 2.11. The van der Waals surface area contributed by atoms with Crippen molar-refractivity contribution in [1.29, 1.82) is 0 Å². The minimum Gasteiger partial charge on any atom is -0.318 e. The quantitative estimate of drug-likeness (QED) is 0.515. The Bertz CT molecular complexity index is 891. The molecule has 2 aromatic carbocycles. The monoisotopic (exact) mass is 336 g/mol. The first-order valence-electron chi connectivity index (χ1n) is 8.17. The van der Waals surface area contributed by atoms with E-state index in [0.29, 0.717) is 5.02 Å². The number of hydrogen-bond acceptors (Lipinski definition) is 1. The van der Waals surface area contributed by atoms with Crippen LogP contribution in [0.1, 0.15) is 29.4 Å². The van der Waals surface area contributed by atoms with Gasteiger partial charge in [0.1, 0.15) is 0 Å². The van der Waals surface area contributed by atoms with Crippen LogP contribution in [0.5, 0.6) is 0 Å². The minimum absolute atomic E-state index is 0.666. The van der Waals surface area contributed by atoms with Gasteiger partial charge in [-0.3, -0.25) is 4.99 Å². The largest absolute Gasteiger partial charge is 0.318 e. The molecule has 122 valence electrons. The Balaban J connectivity index is 2.03. The first-order valence-corrected chi connectivity index (χ1v) is 8.55. The average Bonchev–Trinajstić information content (AvgIpc) is 2.88. The maximum atomic E-state index is 6.18. The van der Waals surface area contributed by atoms with Gasteiger partial charge < -0.3 is 4.57 Å². The third-order valence-electron chi connectivity index (χ3n) is 4.28. The smallest absolute Gasteiger partial charge is 0.0816 e. The van der Waals surface area contributed by atoms with Gasteiger partial charge in [0, 0.05) is 28.9 Å². The van der Waals surface area contributed by atoms with Gasteiger partial charge in [-0.1, -0.05) is 48.9 Å². The molecule has 3 aromatic rings. The number of aromatic nitrogens is 1. The normalized spacial score (nSPS) is 11.3. The van der Waals surface area contributed by atoms with Gasteiger partial charge in [0.05, 0.1) is 10.7 Å². The summed E-state index contributed by atoms with van der Waals surface area (Å²) in [4.78, 5) is 4.56. The van der Waals surface area contributed by atoms with E-state index >= 15 is 0 Å². The highest BCUT2D eigenvalue weighted by atomic mass is 35.5. The standard InChI is InChI=1S/C21H21ClN2/c1-4-17-9-5-8-12-21(17)24-15(2)13-18(16(24)3)14-23-20-11-7-6-10-19(20)22/h5-14H,4H2,1-3H3. The Morgan fingerprint density at radius 1 is 1.04 bits per heavy atom. The number of aliphatic imine (C=N–C) groups is 1. The minimum atomic E-state index is 0.666. The molecule has 0 atom stereocenters. The van der Waals surface area contributed by atoms with Gasteiger partial charge in [-0.15, -0.1) is 0 Å². The Kier molecular flexibility index (Phi) is 4.86. The van der Waals surface area contributed by atoms with Crippen LogP contribution < -0.4 is 0 Å². The second kappa shape index (κ2) is 7.06. The lowest BCUT2D eigenvalue weighted by atomic mass is 10.1. The highest BCUT2D eigenvalue weighted by molar-refractivity contribution is 6.33. The zero-order valence-corrected chi connectivity index (χ0v) is 15.0. The number of para-hydroxylation sites is 2. The first kappa shape index (κ1) is 16.5. The molecule has 0 radical (unpaired) electrons. The molecule has 0 N–H and O–H groups in total. The lowest BCUT2D eigenvalue weighted by molar-refractivity contribution is 0.937. The van der Waals surface area contributed by atoms with Crippen LogP contribution in [0.3, 0.4) is 0 Å². The molecule has 0 spiro atoms. The molecule has 0 saturated carbocycles. The van der Waals surface area contributed by atoms with E-state index in [-0.39, 0.29) is 0 Å². The third-order valence-corrected chi connectivity index (χ3v) is 4.60. The van der Waals surface area contributed by atoms with Crippen LogP contribution in [0.15, 0.2) is 59.6 Å². The first-order chi connectivity index (χ1) is 11.6. The number of nitrogens with zero attached hydrogens (tertiary/aromatic N) is 2. The second-order valence-corrected chi connectivity index (χ2v) is 6.26.